The van der Waals surface area contributed by atoms with Crippen molar-refractivity contribution in [2.24, 2.45) is 0 Å². The van der Waals surface area contributed by atoms with E-state index < -0.39 is 5.97 Å². The standard InChI is InChI=1S/C20H21N3O3S/c1-12-16-11-17(18(24)21-14-7-5-6-13(10-14)20(25)26)27-19(16)23(22-12)15-8-3-2-4-9-15/h5-7,10-11,15H,2-4,8-9H2,1H3,(H,21,24)(H,25,26). The molecule has 1 aromatic carbocycles. The van der Waals surface area contributed by atoms with Gasteiger partial charge in [0.25, 0.3) is 5.91 Å². The molecule has 140 valence electrons. The fraction of sp³-hybridized carbons (Fsp3) is 0.350. The minimum absolute atomic E-state index is 0.146. The summed E-state index contributed by atoms with van der Waals surface area (Å²) in [5.74, 6) is -1.25. The molecule has 1 aliphatic rings. The van der Waals surface area contributed by atoms with Gasteiger partial charge in [-0.05, 0) is 44.0 Å². The monoisotopic (exact) mass is 383 g/mol. The molecular formula is C20H21N3O3S. The Hall–Kier alpha value is -2.67. The van der Waals surface area contributed by atoms with Gasteiger partial charge in [-0.3, -0.25) is 9.48 Å². The van der Waals surface area contributed by atoms with Crippen molar-refractivity contribution in [1.82, 2.24) is 9.78 Å². The van der Waals surface area contributed by atoms with E-state index in [-0.39, 0.29) is 11.5 Å². The lowest BCUT2D eigenvalue weighted by Crippen LogP contribution is -2.14. The van der Waals surface area contributed by atoms with Gasteiger partial charge < -0.3 is 10.4 Å². The van der Waals surface area contributed by atoms with Gasteiger partial charge in [-0.1, -0.05) is 25.3 Å². The maximum absolute atomic E-state index is 12.7. The molecule has 1 saturated carbocycles. The van der Waals surface area contributed by atoms with Gasteiger partial charge in [0.2, 0.25) is 0 Å². The highest BCUT2D eigenvalue weighted by Crippen LogP contribution is 2.35. The molecule has 3 aromatic rings. The maximum atomic E-state index is 12.7. The van der Waals surface area contributed by atoms with Crippen LogP contribution in [0.1, 0.15) is 63.9 Å². The van der Waals surface area contributed by atoms with Crippen molar-refractivity contribution >= 4 is 39.1 Å². The second-order valence-electron chi connectivity index (χ2n) is 6.99. The highest BCUT2D eigenvalue weighted by atomic mass is 32.1. The molecule has 0 aliphatic heterocycles. The molecule has 0 radical (unpaired) electrons. The number of rotatable bonds is 4. The molecule has 0 unspecified atom stereocenters. The summed E-state index contributed by atoms with van der Waals surface area (Å²) >= 11 is 1.45. The molecule has 27 heavy (non-hydrogen) atoms. The highest BCUT2D eigenvalue weighted by Gasteiger charge is 2.22. The third-order valence-corrected chi connectivity index (χ3v) is 6.20. The number of hydrogen-bond acceptors (Lipinski definition) is 4. The van der Waals surface area contributed by atoms with Gasteiger partial charge in [0.05, 0.1) is 22.2 Å². The van der Waals surface area contributed by atoms with Crippen LogP contribution in [0.15, 0.2) is 30.3 Å². The fourth-order valence-corrected chi connectivity index (χ4v) is 4.81. The highest BCUT2D eigenvalue weighted by molar-refractivity contribution is 7.20. The van der Waals surface area contributed by atoms with E-state index in [1.165, 1.54) is 42.7 Å². The van der Waals surface area contributed by atoms with Crippen molar-refractivity contribution in [3.63, 3.8) is 0 Å². The van der Waals surface area contributed by atoms with Crippen molar-refractivity contribution in [3.8, 4) is 0 Å². The van der Waals surface area contributed by atoms with Crippen LogP contribution in [0.25, 0.3) is 10.2 Å². The van der Waals surface area contributed by atoms with Crippen LogP contribution in [0.4, 0.5) is 5.69 Å². The van der Waals surface area contributed by atoms with Crippen LogP contribution in [0, 0.1) is 6.92 Å². The van der Waals surface area contributed by atoms with Crippen LogP contribution in [0.3, 0.4) is 0 Å². The zero-order chi connectivity index (χ0) is 19.0. The molecule has 7 heteroatoms. The molecule has 2 aromatic heterocycles. The summed E-state index contributed by atoms with van der Waals surface area (Å²) in [6.45, 7) is 1.98. The van der Waals surface area contributed by atoms with Gasteiger partial charge in [-0.25, -0.2) is 4.79 Å². The van der Waals surface area contributed by atoms with E-state index in [9.17, 15) is 9.59 Å². The van der Waals surface area contributed by atoms with Crippen LogP contribution in [-0.2, 0) is 0 Å². The minimum atomic E-state index is -1.02. The van der Waals surface area contributed by atoms with Crippen molar-refractivity contribution in [2.75, 3.05) is 5.32 Å². The number of amides is 1. The third-order valence-electron chi connectivity index (χ3n) is 5.08. The average Bonchev–Trinajstić information content (AvgIpc) is 3.23. The lowest BCUT2D eigenvalue weighted by molar-refractivity contribution is 0.0696. The Morgan fingerprint density at radius 3 is 2.74 bits per heavy atom. The first kappa shape index (κ1) is 17.7. The SMILES string of the molecule is Cc1nn(C2CCCCC2)c2sc(C(=O)Nc3cccc(C(=O)O)c3)cc12. The average molecular weight is 383 g/mol. The lowest BCUT2D eigenvalue weighted by Gasteiger charge is -2.22. The van der Waals surface area contributed by atoms with Crippen LogP contribution in [0.5, 0.6) is 0 Å². The number of nitrogens with one attached hydrogen (secondary N) is 1. The quantitative estimate of drug-likeness (QED) is 0.674. The Morgan fingerprint density at radius 1 is 1.22 bits per heavy atom. The molecular weight excluding hydrogens is 362 g/mol. The molecule has 0 bridgehead atoms. The minimum Gasteiger partial charge on any atom is -0.478 e. The number of anilines is 1. The van der Waals surface area contributed by atoms with Crippen LogP contribution in [-0.4, -0.2) is 26.8 Å². The van der Waals surface area contributed by atoms with E-state index in [1.54, 1.807) is 12.1 Å². The van der Waals surface area contributed by atoms with Gasteiger partial charge in [0.1, 0.15) is 4.83 Å². The number of nitrogens with zero attached hydrogens (tertiary/aromatic N) is 2. The Kier molecular flexibility index (Phi) is 4.70. The van der Waals surface area contributed by atoms with Gasteiger partial charge in [-0.15, -0.1) is 11.3 Å². The number of carboxylic acids is 1. The predicted octanol–water partition coefficient (Wildman–Crippen LogP) is 4.86. The number of benzene rings is 1. The second kappa shape index (κ2) is 7.15. The van der Waals surface area contributed by atoms with E-state index in [2.05, 4.69) is 10.00 Å². The number of carbonyl (C=O) groups excluding carboxylic acids is 1. The molecule has 2 N–H and O–H groups in total. The summed E-state index contributed by atoms with van der Waals surface area (Å²) in [6, 6.07) is 8.57. The zero-order valence-electron chi connectivity index (χ0n) is 15.1. The number of thiophene rings is 1. The van der Waals surface area contributed by atoms with Gasteiger partial charge in [0, 0.05) is 11.1 Å². The third kappa shape index (κ3) is 3.47. The van der Waals surface area contributed by atoms with Crippen molar-refractivity contribution < 1.29 is 14.7 Å². The van der Waals surface area contributed by atoms with E-state index in [4.69, 9.17) is 10.2 Å². The summed E-state index contributed by atoms with van der Waals surface area (Å²) in [5, 5.41) is 17.6. The molecule has 0 atom stereocenters. The number of carbonyl (C=O) groups is 2. The number of fused-ring (bicyclic) bond motifs is 1. The summed E-state index contributed by atoms with van der Waals surface area (Å²) in [6.07, 6.45) is 6.01. The van der Waals surface area contributed by atoms with E-state index in [0.717, 1.165) is 28.8 Å². The predicted molar refractivity (Wildman–Crippen MR) is 106 cm³/mol. The normalized spacial score (nSPS) is 15.1. The molecule has 0 saturated heterocycles. The Labute approximate surface area is 160 Å². The topological polar surface area (TPSA) is 84.2 Å². The summed E-state index contributed by atoms with van der Waals surface area (Å²) in [5.41, 5.74) is 1.56. The zero-order valence-corrected chi connectivity index (χ0v) is 15.9. The second-order valence-corrected chi connectivity index (χ2v) is 8.02. The summed E-state index contributed by atoms with van der Waals surface area (Å²) in [4.78, 5) is 25.4. The Balaban J connectivity index is 1.61. The number of hydrogen-bond donors (Lipinski definition) is 2. The molecule has 6 nitrogen and oxygen atoms in total. The van der Waals surface area contributed by atoms with Crippen LogP contribution in [0.2, 0.25) is 0 Å². The number of aromatic carboxylic acids is 1. The van der Waals surface area contributed by atoms with E-state index in [0.29, 0.717) is 16.6 Å². The molecule has 1 fully saturated rings. The van der Waals surface area contributed by atoms with Gasteiger partial charge in [-0.2, -0.15) is 5.10 Å². The molecule has 1 aliphatic carbocycles. The van der Waals surface area contributed by atoms with Crippen molar-refractivity contribution in [1.29, 1.82) is 0 Å². The van der Waals surface area contributed by atoms with E-state index in [1.807, 2.05) is 13.0 Å². The molecule has 4 rings (SSSR count). The van der Waals surface area contributed by atoms with Crippen molar-refractivity contribution in [2.45, 2.75) is 45.1 Å². The summed E-state index contributed by atoms with van der Waals surface area (Å²) < 4.78 is 2.11. The Morgan fingerprint density at radius 2 is 2.00 bits per heavy atom. The largest absolute Gasteiger partial charge is 0.478 e. The first-order valence-electron chi connectivity index (χ1n) is 9.16. The lowest BCUT2D eigenvalue weighted by atomic mass is 9.96. The molecule has 0 spiro atoms. The first-order chi connectivity index (χ1) is 13.0. The van der Waals surface area contributed by atoms with E-state index >= 15 is 0 Å². The first-order valence-corrected chi connectivity index (χ1v) is 9.98. The number of aryl methyl sites for hydroxylation is 1. The van der Waals surface area contributed by atoms with Crippen LogP contribution < -0.4 is 5.32 Å². The number of carboxylic acid groups (broad SMARTS) is 1. The number of aromatic nitrogens is 2. The van der Waals surface area contributed by atoms with Gasteiger partial charge >= 0.3 is 5.97 Å². The Bertz CT molecular complexity index is 1010. The molecule has 2 heterocycles. The summed E-state index contributed by atoms with van der Waals surface area (Å²) in [7, 11) is 0. The fourth-order valence-electron chi connectivity index (χ4n) is 3.68. The maximum Gasteiger partial charge on any atom is 0.335 e. The molecule has 1 amide bonds. The smallest absolute Gasteiger partial charge is 0.335 e. The van der Waals surface area contributed by atoms with Gasteiger partial charge in [0.15, 0.2) is 0 Å². The van der Waals surface area contributed by atoms with Crippen LogP contribution >= 0.6 is 11.3 Å². The van der Waals surface area contributed by atoms with Crippen molar-refractivity contribution in [3.05, 3.63) is 46.5 Å².